The van der Waals surface area contributed by atoms with E-state index < -0.39 is 5.97 Å². The molecule has 0 bridgehead atoms. The molecule has 0 atom stereocenters. The molecular formula is C7H8N2O2. The number of methoxy groups -OCH3 is 1. The van der Waals surface area contributed by atoms with E-state index in [0.29, 0.717) is 6.54 Å². The molecular weight excluding hydrogens is 144 g/mol. The van der Waals surface area contributed by atoms with Gasteiger partial charge < -0.3 is 4.74 Å². The van der Waals surface area contributed by atoms with Gasteiger partial charge in [-0.25, -0.2) is 4.79 Å². The second-order valence-corrected chi connectivity index (χ2v) is 1.90. The van der Waals surface area contributed by atoms with Crippen molar-refractivity contribution < 1.29 is 9.53 Å². The Morgan fingerprint density at radius 1 is 1.73 bits per heavy atom. The molecule has 0 amide bonds. The lowest BCUT2D eigenvalue weighted by Gasteiger charge is -1.94. The van der Waals surface area contributed by atoms with E-state index in [4.69, 9.17) is 0 Å². The normalized spacial score (nSPS) is 15.5. The fourth-order valence-corrected chi connectivity index (χ4v) is 0.631. The fraction of sp³-hybridized carbons (Fsp3) is 0.286. The third-order valence-corrected chi connectivity index (χ3v) is 1.15. The molecule has 4 nitrogen and oxygen atoms in total. The highest BCUT2D eigenvalue weighted by atomic mass is 16.5. The van der Waals surface area contributed by atoms with Crippen molar-refractivity contribution in [2.75, 3.05) is 13.7 Å². The number of allylic oxidation sites excluding steroid dienone is 2. The molecule has 0 aliphatic carbocycles. The largest absolute Gasteiger partial charge is 0.464 e. The lowest BCUT2D eigenvalue weighted by Crippen LogP contribution is -2.01. The van der Waals surface area contributed by atoms with Gasteiger partial charge in [-0.05, 0) is 6.08 Å². The van der Waals surface area contributed by atoms with Gasteiger partial charge in [0.05, 0.1) is 13.7 Å². The van der Waals surface area contributed by atoms with E-state index in [0.717, 1.165) is 0 Å². The minimum atomic E-state index is -0.458. The zero-order chi connectivity index (χ0) is 8.10. The Labute approximate surface area is 64.3 Å². The van der Waals surface area contributed by atoms with Crippen LogP contribution >= 0.6 is 0 Å². The number of rotatable bonds is 1. The summed E-state index contributed by atoms with van der Waals surface area (Å²) in [5, 5.41) is 7.33. The van der Waals surface area contributed by atoms with E-state index in [2.05, 4.69) is 15.0 Å². The van der Waals surface area contributed by atoms with Crippen LogP contribution in [-0.4, -0.2) is 19.6 Å². The van der Waals surface area contributed by atoms with Gasteiger partial charge in [-0.1, -0.05) is 12.2 Å². The molecule has 0 N–H and O–H groups in total. The van der Waals surface area contributed by atoms with Crippen LogP contribution in [0.3, 0.4) is 0 Å². The summed E-state index contributed by atoms with van der Waals surface area (Å²) in [5.41, 5.74) is 0.237. The van der Waals surface area contributed by atoms with Gasteiger partial charge in [0, 0.05) is 0 Å². The molecule has 0 saturated carbocycles. The van der Waals surface area contributed by atoms with Crippen LogP contribution in [0, 0.1) is 0 Å². The highest BCUT2D eigenvalue weighted by Crippen LogP contribution is 2.03. The highest BCUT2D eigenvalue weighted by Gasteiger charge is 2.07. The van der Waals surface area contributed by atoms with Gasteiger partial charge in [0.15, 0.2) is 5.70 Å². The molecule has 1 aliphatic heterocycles. The predicted molar refractivity (Wildman–Crippen MR) is 39.0 cm³/mol. The number of hydrogen-bond donors (Lipinski definition) is 0. The molecule has 1 heterocycles. The molecule has 0 spiro atoms. The van der Waals surface area contributed by atoms with Crippen LogP contribution in [0.2, 0.25) is 0 Å². The van der Waals surface area contributed by atoms with Gasteiger partial charge in [-0.15, -0.1) is 5.11 Å². The number of carbonyl (C=O) groups excluding carboxylic acids is 1. The van der Waals surface area contributed by atoms with Gasteiger partial charge in [0.2, 0.25) is 0 Å². The van der Waals surface area contributed by atoms with Crippen LogP contribution in [0.15, 0.2) is 34.2 Å². The van der Waals surface area contributed by atoms with Crippen LogP contribution < -0.4 is 0 Å². The summed E-state index contributed by atoms with van der Waals surface area (Å²) in [6, 6.07) is 0. The molecule has 4 heteroatoms. The van der Waals surface area contributed by atoms with Gasteiger partial charge in [0.25, 0.3) is 0 Å². The summed E-state index contributed by atoms with van der Waals surface area (Å²) in [5.74, 6) is -0.458. The van der Waals surface area contributed by atoms with Crippen LogP contribution in [0.5, 0.6) is 0 Å². The van der Waals surface area contributed by atoms with Gasteiger partial charge in [0.1, 0.15) is 0 Å². The zero-order valence-electron chi connectivity index (χ0n) is 6.15. The maximum absolute atomic E-state index is 10.8. The van der Waals surface area contributed by atoms with Gasteiger partial charge in [-0.3, -0.25) is 0 Å². The van der Waals surface area contributed by atoms with Crippen LogP contribution in [0.25, 0.3) is 0 Å². The molecule has 1 rings (SSSR count). The van der Waals surface area contributed by atoms with Crippen molar-refractivity contribution in [2.45, 2.75) is 0 Å². The average molecular weight is 152 g/mol. The maximum atomic E-state index is 10.8. The first-order chi connectivity index (χ1) is 5.34. The number of carbonyl (C=O) groups is 1. The van der Waals surface area contributed by atoms with Crippen molar-refractivity contribution in [3.8, 4) is 0 Å². The lowest BCUT2D eigenvalue weighted by molar-refractivity contribution is -0.136. The SMILES string of the molecule is COC(=O)C1=CC=CCN=N1. The number of azo groups is 1. The van der Waals surface area contributed by atoms with Crippen molar-refractivity contribution >= 4 is 5.97 Å². The van der Waals surface area contributed by atoms with Crippen molar-refractivity contribution in [3.63, 3.8) is 0 Å². The van der Waals surface area contributed by atoms with Crippen molar-refractivity contribution in [1.82, 2.24) is 0 Å². The van der Waals surface area contributed by atoms with E-state index >= 15 is 0 Å². The van der Waals surface area contributed by atoms with Crippen molar-refractivity contribution in [1.29, 1.82) is 0 Å². The molecule has 11 heavy (non-hydrogen) atoms. The van der Waals surface area contributed by atoms with E-state index in [1.165, 1.54) is 7.11 Å². The molecule has 0 fully saturated rings. The predicted octanol–water partition coefficient (Wildman–Crippen LogP) is 1.07. The van der Waals surface area contributed by atoms with E-state index in [9.17, 15) is 4.79 Å². The van der Waals surface area contributed by atoms with Gasteiger partial charge in [-0.2, -0.15) is 5.11 Å². The molecule has 0 aromatic rings. The summed E-state index contributed by atoms with van der Waals surface area (Å²) < 4.78 is 4.45. The summed E-state index contributed by atoms with van der Waals surface area (Å²) in [4.78, 5) is 10.8. The minimum absolute atomic E-state index is 0.237. The molecule has 1 aliphatic rings. The Balaban J connectivity index is 2.77. The Bertz CT molecular complexity index is 241. The molecule has 0 unspecified atom stereocenters. The van der Waals surface area contributed by atoms with Crippen LogP contribution in [0.4, 0.5) is 0 Å². The summed E-state index contributed by atoms with van der Waals surface area (Å²) >= 11 is 0. The molecule has 0 radical (unpaired) electrons. The lowest BCUT2D eigenvalue weighted by atomic mass is 10.4. The maximum Gasteiger partial charge on any atom is 0.358 e. The second-order valence-electron chi connectivity index (χ2n) is 1.90. The second kappa shape index (κ2) is 3.65. The third-order valence-electron chi connectivity index (χ3n) is 1.15. The Morgan fingerprint density at radius 2 is 2.55 bits per heavy atom. The average Bonchev–Trinajstić information content (AvgIpc) is 2.30. The zero-order valence-corrected chi connectivity index (χ0v) is 6.15. The first-order valence-corrected chi connectivity index (χ1v) is 3.17. The fourth-order valence-electron chi connectivity index (χ4n) is 0.631. The van der Waals surface area contributed by atoms with Crippen molar-refractivity contribution in [2.24, 2.45) is 10.2 Å². The topological polar surface area (TPSA) is 51.0 Å². The summed E-state index contributed by atoms with van der Waals surface area (Å²) in [6.07, 6.45) is 5.11. The highest BCUT2D eigenvalue weighted by molar-refractivity contribution is 5.88. The van der Waals surface area contributed by atoms with Crippen LogP contribution in [-0.2, 0) is 9.53 Å². The first kappa shape index (κ1) is 7.65. The summed E-state index contributed by atoms with van der Waals surface area (Å²) in [7, 11) is 1.31. The van der Waals surface area contributed by atoms with E-state index in [1.807, 2.05) is 0 Å². The molecule has 58 valence electrons. The number of nitrogens with zero attached hydrogens (tertiary/aromatic N) is 2. The van der Waals surface area contributed by atoms with E-state index in [-0.39, 0.29) is 5.70 Å². The number of ether oxygens (including phenoxy) is 1. The Kier molecular flexibility index (Phi) is 2.54. The number of hydrogen-bond acceptors (Lipinski definition) is 4. The van der Waals surface area contributed by atoms with Gasteiger partial charge >= 0.3 is 5.97 Å². The van der Waals surface area contributed by atoms with Crippen molar-refractivity contribution in [3.05, 3.63) is 23.9 Å². The molecule has 0 aromatic heterocycles. The molecule has 0 aromatic carbocycles. The third kappa shape index (κ3) is 2.00. The Hall–Kier alpha value is -1.45. The monoisotopic (exact) mass is 152 g/mol. The first-order valence-electron chi connectivity index (χ1n) is 3.17. The minimum Gasteiger partial charge on any atom is -0.464 e. The Morgan fingerprint density at radius 3 is 3.27 bits per heavy atom. The summed E-state index contributed by atoms with van der Waals surface area (Å²) in [6.45, 7) is 0.511. The van der Waals surface area contributed by atoms with Crippen LogP contribution in [0.1, 0.15) is 0 Å². The van der Waals surface area contributed by atoms with E-state index in [1.54, 1.807) is 18.2 Å². The standard InChI is InChI=1S/C7H8N2O2/c1-11-7(10)6-4-2-3-5-8-9-6/h2-4H,5H2,1H3. The smallest absolute Gasteiger partial charge is 0.358 e. The molecule has 0 saturated heterocycles. The quantitative estimate of drug-likeness (QED) is 0.527. The number of esters is 1.